The van der Waals surface area contributed by atoms with Crippen molar-refractivity contribution >= 4 is 23.4 Å². The van der Waals surface area contributed by atoms with E-state index in [1.165, 1.54) is 37.9 Å². The number of aliphatic imine (C=N–C) groups is 1. The molecule has 0 saturated heterocycles. The van der Waals surface area contributed by atoms with E-state index >= 15 is 0 Å². The zero-order valence-corrected chi connectivity index (χ0v) is 16.6. The number of hydrogen-bond donors (Lipinski definition) is 1. The van der Waals surface area contributed by atoms with Crippen molar-refractivity contribution in [2.45, 2.75) is 45.4 Å². The molecule has 1 aliphatic heterocycles. The standard InChI is InChI=1S/C12H24N2O.C2H3ClO2.Na.H2O/c1-2-3-4-5-6-7-12-13-8-9-14(12)10-11-15;3-1-2(4)5;;/h15H,2-11H2,1H3;1H2,(H,4,5);;1H2/q;;+1;/p-1. The molecule has 8 heteroatoms. The van der Waals surface area contributed by atoms with Gasteiger partial charge in [-0.15, -0.1) is 11.6 Å². The smallest absolute Gasteiger partial charge is 0.549 e. The summed E-state index contributed by atoms with van der Waals surface area (Å²) in [6.45, 7) is 5.17. The molecule has 126 valence electrons. The molecule has 0 radical (unpaired) electrons. The van der Waals surface area contributed by atoms with Gasteiger partial charge in [-0.05, 0) is 6.42 Å². The number of aliphatic carboxylic acids is 1. The van der Waals surface area contributed by atoms with E-state index in [0.29, 0.717) is 0 Å². The molecule has 22 heavy (non-hydrogen) atoms. The van der Waals surface area contributed by atoms with E-state index in [1.54, 1.807) is 0 Å². The van der Waals surface area contributed by atoms with Crippen molar-refractivity contribution in [2.24, 2.45) is 4.99 Å². The second-order valence-electron chi connectivity index (χ2n) is 4.68. The number of rotatable bonds is 9. The second kappa shape index (κ2) is 19.2. The Hall–Kier alpha value is 0.150. The topological polar surface area (TPSA) is 107 Å². The first-order valence-corrected chi connectivity index (χ1v) is 7.84. The molecule has 0 aliphatic carbocycles. The molecule has 0 unspecified atom stereocenters. The first-order valence-electron chi connectivity index (χ1n) is 7.30. The van der Waals surface area contributed by atoms with Crippen LogP contribution in [0.3, 0.4) is 0 Å². The minimum Gasteiger partial charge on any atom is -0.549 e. The molecule has 0 spiro atoms. The number of halogens is 1. The van der Waals surface area contributed by atoms with E-state index < -0.39 is 11.8 Å². The predicted molar refractivity (Wildman–Crippen MR) is 83.7 cm³/mol. The van der Waals surface area contributed by atoms with Gasteiger partial charge < -0.3 is 25.4 Å². The summed E-state index contributed by atoms with van der Waals surface area (Å²) in [5.41, 5.74) is 0. The number of aliphatic hydroxyl groups excluding tert-OH is 1. The molecule has 0 saturated carbocycles. The molecule has 0 atom stereocenters. The van der Waals surface area contributed by atoms with E-state index in [9.17, 15) is 0 Å². The number of β-amino-alcohol motifs (C(OH)–C–C–N with tert-alkyl or cyclic N) is 1. The van der Waals surface area contributed by atoms with Crippen molar-refractivity contribution in [3.8, 4) is 0 Å². The third-order valence-corrected chi connectivity index (χ3v) is 3.23. The summed E-state index contributed by atoms with van der Waals surface area (Å²) in [4.78, 5) is 15.8. The fourth-order valence-corrected chi connectivity index (χ4v) is 2.01. The Morgan fingerprint density at radius 3 is 2.45 bits per heavy atom. The quantitative estimate of drug-likeness (QED) is 0.276. The largest absolute Gasteiger partial charge is 1.00 e. The van der Waals surface area contributed by atoms with Crippen LogP contribution in [-0.2, 0) is 4.79 Å². The fraction of sp³-hybridized carbons (Fsp3) is 0.857. The van der Waals surface area contributed by atoms with E-state index in [2.05, 4.69) is 28.4 Å². The van der Waals surface area contributed by atoms with Crippen LogP contribution in [0.15, 0.2) is 4.99 Å². The normalized spacial score (nSPS) is 12.5. The molecule has 0 aromatic rings. The molecule has 0 aromatic heterocycles. The van der Waals surface area contributed by atoms with Gasteiger partial charge in [0.15, 0.2) is 0 Å². The van der Waals surface area contributed by atoms with Crippen molar-refractivity contribution < 1.29 is 50.0 Å². The molecule has 6 nitrogen and oxygen atoms in total. The van der Waals surface area contributed by atoms with Crippen LogP contribution in [0.25, 0.3) is 0 Å². The van der Waals surface area contributed by atoms with E-state index in [4.69, 9.17) is 15.0 Å². The number of amidine groups is 1. The summed E-state index contributed by atoms with van der Waals surface area (Å²) in [6, 6.07) is 0. The first kappa shape index (κ1) is 27.0. The van der Waals surface area contributed by atoms with Crippen molar-refractivity contribution in [1.29, 1.82) is 0 Å². The Labute approximate surface area is 160 Å². The molecule has 0 bridgehead atoms. The van der Waals surface area contributed by atoms with Gasteiger partial charge in [0, 0.05) is 19.5 Å². The Bertz CT molecular complexity index is 294. The van der Waals surface area contributed by atoms with Crippen molar-refractivity contribution in [3.63, 3.8) is 0 Å². The Kier molecular flexibility index (Phi) is 23.6. The van der Waals surface area contributed by atoms with Gasteiger partial charge in [0.25, 0.3) is 0 Å². The van der Waals surface area contributed by atoms with Crippen LogP contribution >= 0.6 is 11.6 Å². The summed E-state index contributed by atoms with van der Waals surface area (Å²) in [5.74, 6) is -0.424. The van der Waals surface area contributed by atoms with Crippen LogP contribution < -0.4 is 34.7 Å². The third-order valence-electron chi connectivity index (χ3n) is 3.01. The number of carbonyl (C=O) groups excluding carboxylic acids is 1. The number of unbranched alkanes of at least 4 members (excludes halogenated alkanes) is 4. The molecular weight excluding hydrogens is 319 g/mol. The third kappa shape index (κ3) is 15.1. The Morgan fingerprint density at radius 1 is 1.36 bits per heavy atom. The van der Waals surface area contributed by atoms with Crippen LogP contribution in [0, 0.1) is 0 Å². The Morgan fingerprint density at radius 2 is 1.95 bits per heavy atom. The molecular formula is C14H28ClN2NaO4. The van der Waals surface area contributed by atoms with Crippen LogP contribution in [0.4, 0.5) is 0 Å². The maximum absolute atomic E-state index is 9.12. The Balaban J connectivity index is -0.000000452. The average molecular weight is 347 g/mol. The van der Waals surface area contributed by atoms with Crippen molar-refractivity contribution in [3.05, 3.63) is 0 Å². The number of carboxylic acids is 1. The molecule has 1 aliphatic rings. The van der Waals surface area contributed by atoms with Crippen LogP contribution in [0.5, 0.6) is 0 Å². The van der Waals surface area contributed by atoms with Crippen molar-refractivity contribution in [2.75, 3.05) is 32.1 Å². The zero-order chi connectivity index (χ0) is 15.2. The van der Waals surface area contributed by atoms with Crippen LogP contribution in [-0.4, -0.2) is 59.4 Å². The summed E-state index contributed by atoms with van der Waals surface area (Å²) in [6.07, 6.45) is 7.68. The number of carboxylic acid groups (broad SMARTS) is 1. The van der Waals surface area contributed by atoms with Gasteiger partial charge in [-0.1, -0.05) is 32.6 Å². The van der Waals surface area contributed by atoms with Gasteiger partial charge in [-0.2, -0.15) is 0 Å². The van der Waals surface area contributed by atoms with E-state index in [0.717, 1.165) is 26.1 Å². The number of alkyl halides is 1. The fourth-order valence-electron chi connectivity index (χ4n) is 2.01. The molecule has 1 rings (SSSR count). The van der Waals surface area contributed by atoms with Crippen LogP contribution in [0.1, 0.15) is 45.4 Å². The van der Waals surface area contributed by atoms with Gasteiger partial charge in [0.2, 0.25) is 0 Å². The molecule has 1 heterocycles. The molecule has 0 fully saturated rings. The number of nitrogens with zero attached hydrogens (tertiary/aromatic N) is 2. The SMILES string of the molecule is CCCCCCCC1=NCCN1CCO.O.O=C([O-])CCl.[Na+]. The minimum absolute atomic E-state index is 0. The van der Waals surface area contributed by atoms with Gasteiger partial charge in [0.05, 0.1) is 30.8 Å². The maximum atomic E-state index is 9.12. The molecule has 3 N–H and O–H groups in total. The van der Waals surface area contributed by atoms with Gasteiger partial charge in [-0.25, -0.2) is 0 Å². The summed E-state index contributed by atoms with van der Waals surface area (Å²) >= 11 is 4.67. The number of hydrogen-bond acceptors (Lipinski definition) is 5. The molecule has 0 amide bonds. The molecule has 0 aromatic carbocycles. The summed E-state index contributed by atoms with van der Waals surface area (Å²) in [5, 5.41) is 18.0. The average Bonchev–Trinajstić information content (AvgIpc) is 2.87. The zero-order valence-electron chi connectivity index (χ0n) is 13.8. The summed E-state index contributed by atoms with van der Waals surface area (Å²) < 4.78 is 0. The number of carbonyl (C=O) groups is 1. The minimum atomic E-state index is -1.23. The second-order valence-corrected chi connectivity index (χ2v) is 4.95. The maximum Gasteiger partial charge on any atom is 1.00 e. The van der Waals surface area contributed by atoms with E-state index in [1.807, 2.05) is 0 Å². The number of aliphatic hydroxyl groups is 1. The van der Waals surface area contributed by atoms with Crippen molar-refractivity contribution in [1.82, 2.24) is 4.90 Å². The van der Waals surface area contributed by atoms with Gasteiger partial charge >= 0.3 is 29.6 Å². The van der Waals surface area contributed by atoms with Crippen LogP contribution in [0.2, 0.25) is 0 Å². The summed E-state index contributed by atoms with van der Waals surface area (Å²) in [7, 11) is 0. The first-order chi connectivity index (χ1) is 9.65. The van der Waals surface area contributed by atoms with Gasteiger partial charge in [-0.3, -0.25) is 4.99 Å². The monoisotopic (exact) mass is 346 g/mol. The van der Waals surface area contributed by atoms with Gasteiger partial charge in [0.1, 0.15) is 0 Å². The predicted octanol–water partition coefficient (Wildman–Crippen LogP) is -2.79. The van der Waals surface area contributed by atoms with E-state index in [-0.39, 0.29) is 41.6 Å².